The van der Waals surface area contributed by atoms with Gasteiger partial charge in [0.2, 0.25) is 5.91 Å². The minimum Gasteiger partial charge on any atom is -0.463 e. The van der Waals surface area contributed by atoms with Crippen LogP contribution in [-0.4, -0.2) is 61.1 Å². The second-order valence-corrected chi connectivity index (χ2v) is 8.21. The van der Waals surface area contributed by atoms with Gasteiger partial charge in [-0.05, 0) is 22.4 Å². The van der Waals surface area contributed by atoms with Crippen molar-refractivity contribution in [3.8, 4) is 0 Å². The monoisotopic (exact) mass is 487 g/mol. The van der Waals surface area contributed by atoms with Gasteiger partial charge in [0.05, 0.1) is 6.61 Å². The molecule has 0 bridgehead atoms. The highest BCUT2D eigenvalue weighted by Crippen LogP contribution is 2.29. The summed E-state index contributed by atoms with van der Waals surface area (Å²) in [6, 6.07) is 12.7. The zero-order valence-electron chi connectivity index (χ0n) is 20.0. The van der Waals surface area contributed by atoms with Crippen LogP contribution in [0.2, 0.25) is 0 Å². The summed E-state index contributed by atoms with van der Waals surface area (Å²) in [4.78, 5) is 47.1. The molecule has 10 nitrogen and oxygen atoms in total. The zero-order chi connectivity index (χ0) is 25.5. The van der Waals surface area contributed by atoms with Crippen LogP contribution in [0.4, 0.5) is 0 Å². The van der Waals surface area contributed by atoms with E-state index in [2.05, 4.69) is 5.32 Å². The number of esters is 3. The fourth-order valence-electron chi connectivity index (χ4n) is 3.94. The number of hydrogen-bond acceptors (Lipinski definition) is 9. The van der Waals surface area contributed by atoms with Crippen LogP contribution in [0.25, 0.3) is 10.8 Å². The quantitative estimate of drug-likeness (QED) is 0.439. The molecule has 35 heavy (non-hydrogen) atoms. The third kappa shape index (κ3) is 7.24. The van der Waals surface area contributed by atoms with E-state index < -0.39 is 54.5 Å². The van der Waals surface area contributed by atoms with Gasteiger partial charge in [-0.1, -0.05) is 36.4 Å². The Bertz CT molecular complexity index is 1090. The molecular weight excluding hydrogens is 458 g/mol. The Hall–Kier alpha value is -3.50. The molecule has 0 aromatic heterocycles. The minimum absolute atomic E-state index is 0.108. The summed E-state index contributed by atoms with van der Waals surface area (Å²) in [5.41, 5.74) is 0.844. The van der Waals surface area contributed by atoms with Crippen LogP contribution in [0.1, 0.15) is 33.3 Å². The zero-order valence-corrected chi connectivity index (χ0v) is 20.0. The van der Waals surface area contributed by atoms with Crippen molar-refractivity contribution in [2.75, 3.05) is 6.61 Å². The normalized spacial score (nSPS) is 23.8. The molecule has 1 N–H and O–H groups in total. The molecule has 1 fully saturated rings. The molecule has 0 radical (unpaired) electrons. The number of carbonyl (C=O) groups excluding carboxylic acids is 4. The predicted octanol–water partition coefficient (Wildman–Crippen LogP) is 2.01. The molecule has 0 saturated carbocycles. The number of fused-ring (bicyclic) bond motifs is 1. The molecule has 1 aliphatic rings. The molecule has 0 spiro atoms. The molecule has 3 rings (SSSR count). The van der Waals surface area contributed by atoms with E-state index in [9.17, 15) is 19.2 Å². The molecular formula is C25H29NO9. The Balaban J connectivity index is 1.90. The lowest BCUT2D eigenvalue weighted by Gasteiger charge is -2.44. The van der Waals surface area contributed by atoms with Crippen molar-refractivity contribution >= 4 is 34.6 Å². The Kier molecular flexibility index (Phi) is 8.78. The third-order valence-corrected chi connectivity index (χ3v) is 5.30. The van der Waals surface area contributed by atoms with Crippen molar-refractivity contribution in [3.63, 3.8) is 0 Å². The number of rotatable bonds is 8. The van der Waals surface area contributed by atoms with Gasteiger partial charge < -0.3 is 29.0 Å². The van der Waals surface area contributed by atoms with E-state index >= 15 is 0 Å². The molecule has 1 amide bonds. The first kappa shape index (κ1) is 26.1. The lowest BCUT2D eigenvalue weighted by Crippen LogP contribution is -2.66. The summed E-state index contributed by atoms with van der Waals surface area (Å²) >= 11 is 0. The van der Waals surface area contributed by atoms with Crippen molar-refractivity contribution in [1.82, 2.24) is 5.32 Å². The van der Waals surface area contributed by atoms with Crippen LogP contribution in [-0.2, 0) is 49.5 Å². The van der Waals surface area contributed by atoms with Crippen molar-refractivity contribution < 1.29 is 42.9 Å². The summed E-state index contributed by atoms with van der Waals surface area (Å²) in [6.07, 6.45) is -4.44. The summed E-state index contributed by atoms with van der Waals surface area (Å²) in [7, 11) is 0. The Morgan fingerprint density at radius 3 is 2.14 bits per heavy atom. The second kappa shape index (κ2) is 11.8. The smallest absolute Gasteiger partial charge is 0.303 e. The maximum absolute atomic E-state index is 12.0. The van der Waals surface area contributed by atoms with Gasteiger partial charge in [0.1, 0.15) is 18.8 Å². The second-order valence-electron chi connectivity index (χ2n) is 8.21. The van der Waals surface area contributed by atoms with Gasteiger partial charge in [-0.25, -0.2) is 0 Å². The first-order valence-electron chi connectivity index (χ1n) is 11.1. The molecule has 2 aromatic rings. The van der Waals surface area contributed by atoms with Crippen LogP contribution < -0.4 is 5.32 Å². The highest BCUT2D eigenvalue weighted by molar-refractivity contribution is 5.83. The van der Waals surface area contributed by atoms with E-state index in [4.69, 9.17) is 23.7 Å². The van der Waals surface area contributed by atoms with E-state index in [-0.39, 0.29) is 13.2 Å². The molecule has 1 aliphatic heterocycles. The standard InChI is InChI=1S/C25H29NO9/c1-14(27)26-22-24(34-17(4)30)23(33-16(3)29)21(13-31-15(2)28)35-25(22)32-12-18-9-10-19-7-5-6-8-20(19)11-18/h5-11,21-25H,12-13H2,1-4H3,(H,26,27)/t21-,22-,23+,24+,25-/m0/s1. The average Bonchev–Trinajstić information content (AvgIpc) is 2.78. The number of hydrogen-bond donors (Lipinski definition) is 1. The maximum atomic E-state index is 12.0. The number of nitrogens with one attached hydrogen (secondary N) is 1. The summed E-state index contributed by atoms with van der Waals surface area (Å²) < 4.78 is 28.0. The van der Waals surface area contributed by atoms with Crippen LogP contribution in [0.3, 0.4) is 0 Å². The molecule has 5 atom stereocenters. The summed E-state index contributed by atoms with van der Waals surface area (Å²) in [5.74, 6) is -2.34. The van der Waals surface area contributed by atoms with Gasteiger partial charge in [0.15, 0.2) is 18.5 Å². The fraction of sp³-hybridized carbons (Fsp3) is 0.440. The number of benzene rings is 2. The van der Waals surface area contributed by atoms with Crippen LogP contribution in [0, 0.1) is 0 Å². The first-order chi connectivity index (χ1) is 16.6. The predicted molar refractivity (Wildman–Crippen MR) is 123 cm³/mol. The molecule has 0 unspecified atom stereocenters. The van der Waals surface area contributed by atoms with Crippen LogP contribution in [0.5, 0.6) is 0 Å². The van der Waals surface area contributed by atoms with Gasteiger partial charge >= 0.3 is 17.9 Å². The van der Waals surface area contributed by atoms with Crippen LogP contribution in [0.15, 0.2) is 42.5 Å². The highest BCUT2D eigenvalue weighted by atomic mass is 16.7. The topological polar surface area (TPSA) is 126 Å². The van der Waals surface area contributed by atoms with E-state index in [0.717, 1.165) is 16.3 Å². The number of carbonyl (C=O) groups is 4. The van der Waals surface area contributed by atoms with Gasteiger partial charge in [-0.15, -0.1) is 0 Å². The van der Waals surface area contributed by atoms with E-state index in [1.54, 1.807) is 0 Å². The molecule has 188 valence electrons. The Morgan fingerprint density at radius 1 is 0.857 bits per heavy atom. The van der Waals surface area contributed by atoms with Gasteiger partial charge in [-0.2, -0.15) is 0 Å². The van der Waals surface area contributed by atoms with Crippen molar-refractivity contribution in [1.29, 1.82) is 0 Å². The van der Waals surface area contributed by atoms with E-state index in [1.165, 1.54) is 27.7 Å². The number of amides is 1. The number of ether oxygens (including phenoxy) is 5. The van der Waals surface area contributed by atoms with Crippen LogP contribution >= 0.6 is 0 Å². The van der Waals surface area contributed by atoms with Crippen molar-refractivity contribution in [2.45, 2.75) is 64.9 Å². The maximum Gasteiger partial charge on any atom is 0.303 e. The average molecular weight is 488 g/mol. The third-order valence-electron chi connectivity index (χ3n) is 5.30. The molecule has 1 heterocycles. The van der Waals surface area contributed by atoms with Crippen molar-refractivity contribution in [2.24, 2.45) is 0 Å². The molecule has 2 aromatic carbocycles. The van der Waals surface area contributed by atoms with Crippen molar-refractivity contribution in [3.05, 3.63) is 48.0 Å². The van der Waals surface area contributed by atoms with Gasteiger partial charge in [-0.3, -0.25) is 19.2 Å². The molecule has 10 heteroatoms. The van der Waals surface area contributed by atoms with Gasteiger partial charge in [0, 0.05) is 27.7 Å². The molecule has 0 aliphatic carbocycles. The summed E-state index contributed by atoms with van der Waals surface area (Å²) in [6.45, 7) is 4.71. The lowest BCUT2D eigenvalue weighted by molar-refractivity contribution is -0.280. The Morgan fingerprint density at radius 2 is 1.51 bits per heavy atom. The Labute approximate surface area is 202 Å². The largest absolute Gasteiger partial charge is 0.463 e. The fourth-order valence-corrected chi connectivity index (χ4v) is 3.94. The summed E-state index contributed by atoms with van der Waals surface area (Å²) in [5, 5.41) is 4.77. The van der Waals surface area contributed by atoms with Gasteiger partial charge in [0.25, 0.3) is 0 Å². The lowest BCUT2D eigenvalue weighted by atomic mass is 9.96. The van der Waals surface area contributed by atoms with E-state index in [1.807, 2.05) is 42.5 Å². The molecule has 1 saturated heterocycles. The SMILES string of the molecule is CC(=O)N[C@@H]1[C@@H](OCc2ccc3ccccc3c2)O[C@@H](COC(C)=O)[C@@H](OC(C)=O)[C@@H]1OC(C)=O. The minimum atomic E-state index is -1.16. The first-order valence-corrected chi connectivity index (χ1v) is 11.1. The van der Waals surface area contributed by atoms with E-state index in [0.29, 0.717) is 0 Å². The highest BCUT2D eigenvalue weighted by Gasteiger charge is 2.51.